The SMILES string of the molecule is CN(C)CCN(C)C(=O)C1CCCN(C(=O)OC(C)(C)C)C1C(=O)N1C[C@H](Cc2ccc(C3CC3)cc2)C[C@H]1C(=O)NCc1ccc2c(cnn2C)c1. The number of ether oxygens (including phenoxy) is 1. The maximum absolute atomic E-state index is 15.1. The minimum absolute atomic E-state index is 0.0173. The standard InChI is InChI=1S/C41H57N7O5/c1-41(2,3)53-40(52)47-18-8-9-33(38(50)45(6)20-19-44(4)5)36(47)39(51)48-26-29(21-27-10-13-30(14-11-27)31-15-16-31)23-35(48)37(49)42-24-28-12-17-34-32(22-28)25-43-46(34)7/h10-14,17,22,25,29,31,33,35-36H,8-9,15-16,18-21,23-24,26H2,1-7H3,(H,42,49)/t29-,33?,35+,36?/m1/s1. The molecule has 3 aromatic rings. The summed E-state index contributed by atoms with van der Waals surface area (Å²) in [4.78, 5) is 63.9. The van der Waals surface area contributed by atoms with Crippen molar-refractivity contribution in [2.24, 2.45) is 18.9 Å². The van der Waals surface area contributed by atoms with Crippen LogP contribution in [0.2, 0.25) is 0 Å². The molecule has 1 aliphatic carbocycles. The number of fused-ring (bicyclic) bond motifs is 1. The number of carbonyl (C=O) groups excluding carboxylic acids is 4. The Kier molecular flexibility index (Phi) is 11.5. The lowest BCUT2D eigenvalue weighted by atomic mass is 9.86. The van der Waals surface area contributed by atoms with E-state index in [-0.39, 0.29) is 30.2 Å². The molecule has 286 valence electrons. The number of likely N-dealkylation sites (N-methyl/N-ethyl adjacent to an activating group) is 2. The van der Waals surface area contributed by atoms with Crippen molar-refractivity contribution in [3.05, 3.63) is 65.4 Å². The van der Waals surface area contributed by atoms with Crippen LogP contribution in [0.3, 0.4) is 0 Å². The van der Waals surface area contributed by atoms with Crippen molar-refractivity contribution in [1.29, 1.82) is 0 Å². The highest BCUT2D eigenvalue weighted by molar-refractivity contribution is 5.96. The Morgan fingerprint density at radius 2 is 1.66 bits per heavy atom. The monoisotopic (exact) mass is 727 g/mol. The topological polar surface area (TPSA) is 120 Å². The third-order valence-electron chi connectivity index (χ3n) is 10.9. The number of nitrogens with zero attached hydrogens (tertiary/aromatic N) is 6. The van der Waals surface area contributed by atoms with Crippen LogP contribution in [0.25, 0.3) is 10.9 Å². The van der Waals surface area contributed by atoms with E-state index in [1.807, 2.05) is 48.9 Å². The van der Waals surface area contributed by atoms with Crippen molar-refractivity contribution < 1.29 is 23.9 Å². The van der Waals surface area contributed by atoms with Gasteiger partial charge in [0.2, 0.25) is 17.7 Å². The lowest BCUT2D eigenvalue weighted by Crippen LogP contribution is -2.62. The van der Waals surface area contributed by atoms with Crippen molar-refractivity contribution in [1.82, 2.24) is 34.7 Å². The van der Waals surface area contributed by atoms with E-state index >= 15 is 4.79 Å². The molecule has 1 N–H and O–H groups in total. The van der Waals surface area contributed by atoms with Crippen molar-refractivity contribution in [2.75, 3.05) is 47.3 Å². The summed E-state index contributed by atoms with van der Waals surface area (Å²) in [5.41, 5.74) is 3.67. The summed E-state index contributed by atoms with van der Waals surface area (Å²) in [5, 5.41) is 8.42. The second-order valence-electron chi connectivity index (χ2n) is 16.6. The maximum atomic E-state index is 15.1. The molecule has 4 amide bonds. The molecule has 0 radical (unpaired) electrons. The number of carbonyl (C=O) groups is 4. The minimum atomic E-state index is -1.09. The van der Waals surface area contributed by atoms with E-state index in [4.69, 9.17) is 4.74 Å². The average Bonchev–Trinajstić information content (AvgIpc) is 3.79. The van der Waals surface area contributed by atoms with Gasteiger partial charge in [0.15, 0.2) is 0 Å². The second kappa shape index (κ2) is 15.9. The Bertz CT molecular complexity index is 1790. The third-order valence-corrected chi connectivity index (χ3v) is 10.9. The van der Waals surface area contributed by atoms with Gasteiger partial charge in [-0.25, -0.2) is 4.79 Å². The zero-order chi connectivity index (χ0) is 38.0. The van der Waals surface area contributed by atoms with Gasteiger partial charge in [0.1, 0.15) is 17.7 Å². The third kappa shape index (κ3) is 9.20. The number of piperidine rings is 1. The number of amides is 4. The number of hydrogen-bond donors (Lipinski definition) is 1. The van der Waals surface area contributed by atoms with Gasteiger partial charge >= 0.3 is 6.09 Å². The lowest BCUT2D eigenvalue weighted by Gasteiger charge is -2.43. The Morgan fingerprint density at radius 1 is 0.943 bits per heavy atom. The van der Waals surface area contributed by atoms with Crippen LogP contribution in [0.15, 0.2) is 48.7 Å². The predicted molar refractivity (Wildman–Crippen MR) is 204 cm³/mol. The molecule has 6 rings (SSSR count). The van der Waals surface area contributed by atoms with Gasteiger partial charge in [0, 0.05) is 52.2 Å². The molecule has 1 aromatic heterocycles. The van der Waals surface area contributed by atoms with E-state index in [1.54, 1.807) is 43.8 Å². The minimum Gasteiger partial charge on any atom is -0.444 e. The molecule has 0 spiro atoms. The number of nitrogens with one attached hydrogen (secondary N) is 1. The number of hydrogen-bond acceptors (Lipinski definition) is 7. The normalized spacial score (nSPS) is 22.0. The molecule has 12 heteroatoms. The number of aromatic nitrogens is 2. The zero-order valence-electron chi connectivity index (χ0n) is 32.5. The van der Waals surface area contributed by atoms with E-state index in [2.05, 4.69) is 34.7 Å². The van der Waals surface area contributed by atoms with Crippen LogP contribution >= 0.6 is 0 Å². The van der Waals surface area contributed by atoms with E-state index in [9.17, 15) is 14.4 Å². The summed E-state index contributed by atoms with van der Waals surface area (Å²) in [6.45, 7) is 7.44. The molecule has 53 heavy (non-hydrogen) atoms. The van der Waals surface area contributed by atoms with Gasteiger partial charge in [-0.15, -0.1) is 0 Å². The molecule has 2 unspecified atom stereocenters. The van der Waals surface area contributed by atoms with Gasteiger partial charge in [-0.05, 0) is 114 Å². The fraction of sp³-hybridized carbons (Fsp3) is 0.585. The van der Waals surface area contributed by atoms with Crippen LogP contribution in [0.5, 0.6) is 0 Å². The van der Waals surface area contributed by atoms with E-state index in [1.165, 1.54) is 28.9 Å². The van der Waals surface area contributed by atoms with Gasteiger partial charge in [-0.1, -0.05) is 30.3 Å². The highest BCUT2D eigenvalue weighted by atomic mass is 16.6. The van der Waals surface area contributed by atoms with Gasteiger partial charge in [0.05, 0.1) is 17.6 Å². The summed E-state index contributed by atoms with van der Waals surface area (Å²) in [6.07, 6.45) is 5.87. The summed E-state index contributed by atoms with van der Waals surface area (Å²) < 4.78 is 7.62. The van der Waals surface area contributed by atoms with Gasteiger partial charge < -0.3 is 24.8 Å². The van der Waals surface area contributed by atoms with Crippen LogP contribution < -0.4 is 5.32 Å². The molecule has 0 bridgehead atoms. The van der Waals surface area contributed by atoms with Crippen molar-refractivity contribution in [3.63, 3.8) is 0 Å². The largest absolute Gasteiger partial charge is 0.444 e. The molecule has 2 aliphatic heterocycles. The van der Waals surface area contributed by atoms with Gasteiger partial charge in [0.25, 0.3) is 0 Å². The van der Waals surface area contributed by atoms with Crippen LogP contribution in [-0.4, -0.2) is 118 Å². The summed E-state index contributed by atoms with van der Waals surface area (Å²) in [6, 6.07) is 12.9. The highest BCUT2D eigenvalue weighted by Crippen LogP contribution is 2.40. The zero-order valence-corrected chi connectivity index (χ0v) is 32.5. The molecule has 3 fully saturated rings. The average molecular weight is 728 g/mol. The highest BCUT2D eigenvalue weighted by Gasteiger charge is 2.50. The first kappa shape index (κ1) is 38.3. The molecule has 3 aliphatic rings. The number of benzene rings is 2. The summed E-state index contributed by atoms with van der Waals surface area (Å²) in [7, 11) is 7.54. The first-order valence-corrected chi connectivity index (χ1v) is 19.2. The lowest BCUT2D eigenvalue weighted by molar-refractivity contribution is -0.151. The summed E-state index contributed by atoms with van der Waals surface area (Å²) >= 11 is 0. The Balaban J connectivity index is 1.27. The molecule has 4 atom stereocenters. The van der Waals surface area contributed by atoms with Gasteiger partial charge in [-0.3, -0.25) is 24.0 Å². The van der Waals surface area contributed by atoms with Crippen LogP contribution in [0.4, 0.5) is 4.79 Å². The number of aryl methyl sites for hydroxylation is 1. The van der Waals surface area contributed by atoms with Crippen LogP contribution in [-0.2, 0) is 39.1 Å². The first-order valence-electron chi connectivity index (χ1n) is 19.2. The first-order chi connectivity index (χ1) is 25.2. The van der Waals surface area contributed by atoms with E-state index in [0.717, 1.165) is 16.5 Å². The Hall–Kier alpha value is -4.45. The smallest absolute Gasteiger partial charge is 0.410 e. The molecular weight excluding hydrogens is 670 g/mol. The molecular formula is C41H57N7O5. The summed E-state index contributed by atoms with van der Waals surface area (Å²) in [5.74, 6) is -0.892. The van der Waals surface area contributed by atoms with E-state index in [0.29, 0.717) is 57.8 Å². The van der Waals surface area contributed by atoms with Crippen molar-refractivity contribution in [3.8, 4) is 0 Å². The number of likely N-dealkylation sites (tertiary alicyclic amines) is 2. The maximum Gasteiger partial charge on any atom is 0.410 e. The van der Waals surface area contributed by atoms with Gasteiger partial charge in [-0.2, -0.15) is 5.10 Å². The van der Waals surface area contributed by atoms with Crippen LogP contribution in [0.1, 0.15) is 75.5 Å². The Labute approximate surface area is 313 Å². The molecule has 2 saturated heterocycles. The van der Waals surface area contributed by atoms with Crippen molar-refractivity contribution >= 4 is 34.7 Å². The molecule has 1 saturated carbocycles. The molecule has 3 heterocycles. The predicted octanol–water partition coefficient (Wildman–Crippen LogP) is 4.56. The van der Waals surface area contributed by atoms with E-state index < -0.39 is 29.7 Å². The van der Waals surface area contributed by atoms with Crippen molar-refractivity contribution in [2.45, 2.75) is 89.4 Å². The number of rotatable bonds is 11. The quantitative estimate of drug-likeness (QED) is 0.308. The van der Waals surface area contributed by atoms with Crippen LogP contribution in [0, 0.1) is 11.8 Å². The Morgan fingerprint density at radius 3 is 2.34 bits per heavy atom. The molecule has 2 aromatic carbocycles. The second-order valence-corrected chi connectivity index (χ2v) is 16.6. The fourth-order valence-electron chi connectivity index (χ4n) is 7.87. The molecule has 12 nitrogen and oxygen atoms in total. The fourth-order valence-corrected chi connectivity index (χ4v) is 7.87.